The number of halogens is 1. The Kier molecular flexibility index (Phi) is 4.51. The highest BCUT2D eigenvalue weighted by molar-refractivity contribution is 5.08. The van der Waals surface area contributed by atoms with Crippen LogP contribution in [0.5, 0.6) is 0 Å². The Balaban J connectivity index is 4.25. The summed E-state index contributed by atoms with van der Waals surface area (Å²) in [7, 11) is 0. The van der Waals surface area contributed by atoms with E-state index in [2.05, 4.69) is 20.8 Å². The Morgan fingerprint density at radius 1 is 1.42 bits per heavy atom. The lowest BCUT2D eigenvalue weighted by Gasteiger charge is -2.21. The van der Waals surface area contributed by atoms with Crippen LogP contribution in [0.4, 0.5) is 4.39 Å². The minimum atomic E-state index is -0.788. The van der Waals surface area contributed by atoms with Crippen LogP contribution in [-0.4, -0.2) is 6.17 Å². The molecule has 0 aliphatic carbocycles. The van der Waals surface area contributed by atoms with Gasteiger partial charge in [-0.1, -0.05) is 33.8 Å². The van der Waals surface area contributed by atoms with Crippen LogP contribution in [0.15, 0.2) is 11.6 Å². The summed E-state index contributed by atoms with van der Waals surface area (Å²) in [5.41, 5.74) is 1.14. The van der Waals surface area contributed by atoms with E-state index in [0.717, 1.165) is 18.4 Å². The van der Waals surface area contributed by atoms with Crippen molar-refractivity contribution in [3.05, 3.63) is 11.6 Å². The Morgan fingerprint density at radius 3 is 2.17 bits per heavy atom. The van der Waals surface area contributed by atoms with Gasteiger partial charge in [0.25, 0.3) is 0 Å². The summed E-state index contributed by atoms with van der Waals surface area (Å²) in [4.78, 5) is 0. The normalized spacial score (nSPS) is 16.3. The third-order valence-electron chi connectivity index (χ3n) is 1.71. The molecule has 1 heteroatoms. The lowest BCUT2D eigenvalue weighted by molar-refractivity contribution is 0.344. The first kappa shape index (κ1) is 11.7. The van der Waals surface area contributed by atoms with Crippen LogP contribution in [0.2, 0.25) is 0 Å². The van der Waals surface area contributed by atoms with E-state index in [1.807, 2.05) is 13.0 Å². The average Bonchev–Trinajstić information content (AvgIpc) is 1.83. The molecule has 0 bridgehead atoms. The minimum absolute atomic E-state index is 0.196. The average molecular weight is 172 g/mol. The third kappa shape index (κ3) is 5.34. The Morgan fingerprint density at radius 2 is 1.92 bits per heavy atom. The number of alkyl halides is 1. The van der Waals surface area contributed by atoms with E-state index in [-0.39, 0.29) is 5.41 Å². The van der Waals surface area contributed by atoms with E-state index in [0.29, 0.717) is 0 Å². The lowest BCUT2D eigenvalue weighted by atomic mass is 9.86. The van der Waals surface area contributed by atoms with Gasteiger partial charge in [-0.2, -0.15) is 0 Å². The summed E-state index contributed by atoms with van der Waals surface area (Å²) in [6.07, 6.45) is 3.01. The predicted molar refractivity (Wildman–Crippen MR) is 53.0 cm³/mol. The molecule has 0 nitrogen and oxygen atoms in total. The van der Waals surface area contributed by atoms with Crippen LogP contribution < -0.4 is 0 Å². The van der Waals surface area contributed by atoms with Crippen LogP contribution in [0.3, 0.4) is 0 Å². The maximum absolute atomic E-state index is 13.0. The van der Waals surface area contributed by atoms with Gasteiger partial charge < -0.3 is 0 Å². The van der Waals surface area contributed by atoms with Crippen LogP contribution in [0, 0.1) is 5.41 Å². The molecule has 0 aromatic heterocycles. The Hall–Kier alpha value is -0.330. The molecule has 0 aliphatic heterocycles. The zero-order chi connectivity index (χ0) is 9.78. The van der Waals surface area contributed by atoms with Gasteiger partial charge in [-0.3, -0.25) is 0 Å². The van der Waals surface area contributed by atoms with Gasteiger partial charge in [-0.05, 0) is 30.8 Å². The number of hydrogen-bond acceptors (Lipinski definition) is 0. The van der Waals surface area contributed by atoms with Gasteiger partial charge in [0, 0.05) is 0 Å². The van der Waals surface area contributed by atoms with E-state index in [1.165, 1.54) is 0 Å². The van der Waals surface area contributed by atoms with Gasteiger partial charge in [-0.15, -0.1) is 0 Å². The molecule has 0 aromatic carbocycles. The second-order valence-corrected chi connectivity index (χ2v) is 4.54. The molecule has 0 rings (SSSR count). The first-order valence-electron chi connectivity index (χ1n) is 4.70. The highest BCUT2D eigenvalue weighted by Crippen LogP contribution is 2.27. The molecule has 0 spiro atoms. The molecule has 0 radical (unpaired) electrons. The van der Waals surface area contributed by atoms with Gasteiger partial charge in [-0.25, -0.2) is 4.39 Å². The van der Waals surface area contributed by atoms with Gasteiger partial charge in [0.15, 0.2) is 0 Å². The van der Waals surface area contributed by atoms with Crippen molar-refractivity contribution in [1.82, 2.24) is 0 Å². The zero-order valence-electron chi connectivity index (χ0n) is 8.95. The first-order chi connectivity index (χ1) is 5.37. The number of hydrogen-bond donors (Lipinski definition) is 0. The molecule has 0 heterocycles. The molecule has 12 heavy (non-hydrogen) atoms. The van der Waals surface area contributed by atoms with Crippen molar-refractivity contribution >= 4 is 0 Å². The summed E-state index contributed by atoms with van der Waals surface area (Å²) in [5.74, 6) is 0. The monoisotopic (exact) mass is 172 g/mol. The van der Waals surface area contributed by atoms with E-state index < -0.39 is 6.17 Å². The second-order valence-electron chi connectivity index (χ2n) is 4.54. The summed E-state index contributed by atoms with van der Waals surface area (Å²) < 4.78 is 13.0. The number of allylic oxidation sites excluding steroid dienone is 2. The fraction of sp³-hybridized carbons (Fsp3) is 0.818. The largest absolute Gasteiger partial charge is 0.243 e. The molecule has 0 aromatic rings. The van der Waals surface area contributed by atoms with E-state index in [1.54, 1.807) is 6.92 Å². The molecule has 0 saturated heterocycles. The summed E-state index contributed by atoms with van der Waals surface area (Å²) in [5, 5.41) is 0. The Labute approximate surface area is 75.9 Å². The molecule has 1 atom stereocenters. The van der Waals surface area contributed by atoms with E-state index in [4.69, 9.17) is 0 Å². The predicted octanol–water partition coefficient (Wildman–Crippen LogP) is 4.12. The zero-order valence-corrected chi connectivity index (χ0v) is 8.95. The summed E-state index contributed by atoms with van der Waals surface area (Å²) in [6, 6.07) is 0. The summed E-state index contributed by atoms with van der Waals surface area (Å²) >= 11 is 0. The smallest absolute Gasteiger partial charge is 0.118 e. The van der Waals surface area contributed by atoms with Gasteiger partial charge in [0.2, 0.25) is 0 Å². The SMILES string of the molecule is CC/C=C(/CC(C)(C)C)[C@H](C)F. The van der Waals surface area contributed by atoms with Crippen molar-refractivity contribution in [2.45, 2.75) is 53.6 Å². The molecule has 0 saturated carbocycles. The van der Waals surface area contributed by atoms with Gasteiger partial charge in [0.1, 0.15) is 6.17 Å². The van der Waals surface area contributed by atoms with Gasteiger partial charge in [0.05, 0.1) is 0 Å². The highest BCUT2D eigenvalue weighted by Gasteiger charge is 2.16. The maximum Gasteiger partial charge on any atom is 0.118 e. The first-order valence-corrected chi connectivity index (χ1v) is 4.70. The second kappa shape index (κ2) is 4.64. The molecular weight excluding hydrogens is 151 g/mol. The lowest BCUT2D eigenvalue weighted by Crippen LogP contribution is -2.11. The minimum Gasteiger partial charge on any atom is -0.243 e. The molecule has 72 valence electrons. The van der Waals surface area contributed by atoms with Gasteiger partial charge >= 0.3 is 0 Å². The van der Waals surface area contributed by atoms with Crippen molar-refractivity contribution in [1.29, 1.82) is 0 Å². The van der Waals surface area contributed by atoms with Crippen molar-refractivity contribution in [3.63, 3.8) is 0 Å². The van der Waals surface area contributed by atoms with Crippen LogP contribution >= 0.6 is 0 Å². The van der Waals surface area contributed by atoms with E-state index >= 15 is 0 Å². The molecule has 0 unspecified atom stereocenters. The van der Waals surface area contributed by atoms with Crippen LogP contribution in [0.25, 0.3) is 0 Å². The third-order valence-corrected chi connectivity index (χ3v) is 1.71. The quantitative estimate of drug-likeness (QED) is 0.562. The molecular formula is C11H21F. The summed E-state index contributed by atoms with van der Waals surface area (Å²) in [6.45, 7) is 10.1. The van der Waals surface area contributed by atoms with Crippen molar-refractivity contribution in [2.75, 3.05) is 0 Å². The molecule has 0 fully saturated rings. The van der Waals surface area contributed by atoms with E-state index in [9.17, 15) is 4.39 Å². The standard InChI is InChI=1S/C11H21F/c1-6-7-10(9(2)12)8-11(3,4)5/h7,9H,6,8H2,1-5H3/b10-7-/t9-/m0/s1. The van der Waals surface area contributed by atoms with Crippen molar-refractivity contribution in [2.24, 2.45) is 5.41 Å². The Bertz CT molecular complexity index is 149. The molecule has 0 N–H and O–H groups in total. The molecule has 0 amide bonds. The molecule has 0 aliphatic rings. The fourth-order valence-corrected chi connectivity index (χ4v) is 1.25. The van der Waals surface area contributed by atoms with Crippen molar-refractivity contribution in [3.8, 4) is 0 Å². The van der Waals surface area contributed by atoms with Crippen LogP contribution in [0.1, 0.15) is 47.5 Å². The fourth-order valence-electron chi connectivity index (χ4n) is 1.25. The van der Waals surface area contributed by atoms with Crippen molar-refractivity contribution < 1.29 is 4.39 Å². The number of rotatable bonds is 3. The topological polar surface area (TPSA) is 0 Å². The maximum atomic E-state index is 13.0. The highest BCUT2D eigenvalue weighted by atomic mass is 19.1. The van der Waals surface area contributed by atoms with Crippen LogP contribution in [-0.2, 0) is 0 Å².